The maximum absolute atomic E-state index is 13.1. The van der Waals surface area contributed by atoms with Gasteiger partial charge < -0.3 is 14.4 Å². The van der Waals surface area contributed by atoms with Crippen molar-refractivity contribution < 1.29 is 13.9 Å². The lowest BCUT2D eigenvalue weighted by Gasteiger charge is -2.23. The molecule has 0 amide bonds. The Balaban J connectivity index is 2.57. The number of hydrogen-bond donors (Lipinski definition) is 0. The number of hydrogen-bond acceptors (Lipinski definition) is 5. The minimum Gasteiger partial charge on any atom is -0.380 e. The molecule has 0 radical (unpaired) electrons. The van der Waals surface area contributed by atoms with Gasteiger partial charge in [0.2, 0.25) is 5.95 Å². The molecular weight excluding hydrogens is 237 g/mol. The molecule has 1 aromatic rings. The van der Waals surface area contributed by atoms with Gasteiger partial charge in [-0.05, 0) is 13.8 Å². The first kappa shape index (κ1) is 14.8. The summed E-state index contributed by atoms with van der Waals surface area (Å²) >= 11 is 0. The quantitative estimate of drug-likeness (QED) is 0.495. The zero-order valence-corrected chi connectivity index (χ0v) is 10.9. The third kappa shape index (κ3) is 5.37. The van der Waals surface area contributed by atoms with Gasteiger partial charge in [-0.3, -0.25) is 0 Å². The first-order chi connectivity index (χ1) is 8.77. The van der Waals surface area contributed by atoms with Gasteiger partial charge in [0, 0.05) is 32.4 Å². The summed E-state index contributed by atoms with van der Waals surface area (Å²) < 4.78 is 23.7. The lowest BCUT2D eigenvalue weighted by molar-refractivity contribution is 0.141. The van der Waals surface area contributed by atoms with Crippen molar-refractivity contribution in [1.82, 2.24) is 9.97 Å². The van der Waals surface area contributed by atoms with E-state index in [1.807, 2.05) is 18.7 Å². The Bertz CT molecular complexity index is 329. The average Bonchev–Trinajstić information content (AvgIpc) is 2.37. The standard InChI is InChI=1S/C12H20FN3O2/c1-3-17-7-5-16(6-8-18-4-2)12-9-11(13)14-10-15-12/h9-10H,3-8H2,1-2H3. The molecule has 0 aliphatic carbocycles. The Labute approximate surface area is 107 Å². The summed E-state index contributed by atoms with van der Waals surface area (Å²) in [5, 5.41) is 0. The predicted octanol–water partition coefficient (Wildman–Crippen LogP) is 1.50. The van der Waals surface area contributed by atoms with Crippen LogP contribution in [0.25, 0.3) is 0 Å². The molecule has 0 spiro atoms. The van der Waals surface area contributed by atoms with E-state index in [2.05, 4.69) is 9.97 Å². The highest BCUT2D eigenvalue weighted by atomic mass is 19.1. The second-order valence-corrected chi connectivity index (χ2v) is 3.58. The van der Waals surface area contributed by atoms with Crippen LogP contribution in [0.5, 0.6) is 0 Å². The fourth-order valence-electron chi connectivity index (χ4n) is 1.48. The summed E-state index contributed by atoms with van der Waals surface area (Å²) in [6.45, 7) is 7.66. The number of nitrogens with zero attached hydrogens (tertiary/aromatic N) is 3. The molecular formula is C12H20FN3O2. The molecule has 0 aromatic carbocycles. The number of ether oxygens (including phenoxy) is 2. The van der Waals surface area contributed by atoms with E-state index in [-0.39, 0.29) is 0 Å². The van der Waals surface area contributed by atoms with Crippen LogP contribution in [-0.2, 0) is 9.47 Å². The highest BCUT2D eigenvalue weighted by molar-refractivity contribution is 5.36. The summed E-state index contributed by atoms with van der Waals surface area (Å²) in [4.78, 5) is 9.44. The summed E-state index contributed by atoms with van der Waals surface area (Å²) in [5.41, 5.74) is 0. The van der Waals surface area contributed by atoms with Crippen LogP contribution in [0.1, 0.15) is 13.8 Å². The number of rotatable bonds is 9. The van der Waals surface area contributed by atoms with E-state index in [1.165, 1.54) is 12.4 Å². The van der Waals surface area contributed by atoms with Gasteiger partial charge in [-0.15, -0.1) is 0 Å². The van der Waals surface area contributed by atoms with E-state index in [0.717, 1.165) is 0 Å². The van der Waals surface area contributed by atoms with Crippen LogP contribution in [0, 0.1) is 5.95 Å². The third-order valence-corrected chi connectivity index (χ3v) is 2.36. The lowest BCUT2D eigenvalue weighted by Crippen LogP contribution is -2.32. The van der Waals surface area contributed by atoms with Gasteiger partial charge in [0.25, 0.3) is 0 Å². The maximum Gasteiger partial charge on any atom is 0.218 e. The van der Waals surface area contributed by atoms with Crippen molar-refractivity contribution in [2.45, 2.75) is 13.8 Å². The maximum atomic E-state index is 13.1. The van der Waals surface area contributed by atoms with E-state index in [1.54, 1.807) is 0 Å². The van der Waals surface area contributed by atoms with Crippen LogP contribution in [0.4, 0.5) is 10.2 Å². The van der Waals surface area contributed by atoms with Crippen molar-refractivity contribution >= 4 is 5.82 Å². The number of halogens is 1. The molecule has 0 atom stereocenters. The second-order valence-electron chi connectivity index (χ2n) is 3.58. The van der Waals surface area contributed by atoms with Gasteiger partial charge >= 0.3 is 0 Å². The van der Waals surface area contributed by atoms with Crippen molar-refractivity contribution in [3.8, 4) is 0 Å². The minimum absolute atomic E-state index is 0.530. The fraction of sp³-hybridized carbons (Fsp3) is 0.667. The summed E-state index contributed by atoms with van der Waals surface area (Å²) in [5.74, 6) is 0.0275. The largest absolute Gasteiger partial charge is 0.380 e. The molecule has 18 heavy (non-hydrogen) atoms. The molecule has 5 nitrogen and oxygen atoms in total. The Morgan fingerprint density at radius 3 is 2.22 bits per heavy atom. The second kappa shape index (κ2) is 8.77. The first-order valence-corrected chi connectivity index (χ1v) is 6.15. The Hall–Kier alpha value is -1.27. The molecule has 6 heteroatoms. The van der Waals surface area contributed by atoms with E-state index in [0.29, 0.717) is 45.3 Å². The zero-order valence-electron chi connectivity index (χ0n) is 10.9. The first-order valence-electron chi connectivity index (χ1n) is 6.15. The van der Waals surface area contributed by atoms with Crippen molar-refractivity contribution in [2.75, 3.05) is 44.4 Å². The highest BCUT2D eigenvalue weighted by Crippen LogP contribution is 2.09. The zero-order chi connectivity index (χ0) is 13.2. The summed E-state index contributed by atoms with van der Waals surface area (Å²) in [6, 6.07) is 1.32. The average molecular weight is 257 g/mol. The molecule has 0 fully saturated rings. The summed E-state index contributed by atoms with van der Waals surface area (Å²) in [6.07, 6.45) is 1.22. The monoisotopic (exact) mass is 257 g/mol. The van der Waals surface area contributed by atoms with E-state index in [4.69, 9.17) is 9.47 Å². The number of anilines is 1. The number of aromatic nitrogens is 2. The van der Waals surface area contributed by atoms with Crippen molar-refractivity contribution in [3.05, 3.63) is 18.3 Å². The van der Waals surface area contributed by atoms with Crippen LogP contribution in [0.3, 0.4) is 0 Å². The Morgan fingerprint density at radius 2 is 1.72 bits per heavy atom. The molecule has 0 saturated heterocycles. The third-order valence-electron chi connectivity index (χ3n) is 2.36. The van der Waals surface area contributed by atoms with Crippen LogP contribution in [0.15, 0.2) is 12.4 Å². The molecule has 0 bridgehead atoms. The van der Waals surface area contributed by atoms with E-state index >= 15 is 0 Å². The molecule has 0 N–H and O–H groups in total. The van der Waals surface area contributed by atoms with Gasteiger partial charge in [0.05, 0.1) is 13.2 Å². The topological polar surface area (TPSA) is 47.5 Å². The van der Waals surface area contributed by atoms with Crippen LogP contribution in [-0.4, -0.2) is 49.5 Å². The molecule has 0 aliphatic heterocycles. The van der Waals surface area contributed by atoms with Crippen molar-refractivity contribution in [1.29, 1.82) is 0 Å². The van der Waals surface area contributed by atoms with Crippen molar-refractivity contribution in [2.24, 2.45) is 0 Å². The molecule has 0 saturated carbocycles. The molecule has 1 rings (SSSR count). The van der Waals surface area contributed by atoms with Crippen LogP contribution < -0.4 is 4.90 Å². The minimum atomic E-state index is -0.530. The lowest BCUT2D eigenvalue weighted by atomic mass is 10.4. The van der Waals surface area contributed by atoms with E-state index in [9.17, 15) is 4.39 Å². The smallest absolute Gasteiger partial charge is 0.218 e. The normalized spacial score (nSPS) is 10.6. The Kier molecular flexibility index (Phi) is 7.20. The van der Waals surface area contributed by atoms with Gasteiger partial charge in [-0.1, -0.05) is 0 Å². The summed E-state index contributed by atoms with van der Waals surface area (Å²) in [7, 11) is 0. The molecule has 0 aliphatic rings. The molecule has 1 aromatic heterocycles. The van der Waals surface area contributed by atoms with Gasteiger partial charge in [-0.25, -0.2) is 9.97 Å². The highest BCUT2D eigenvalue weighted by Gasteiger charge is 2.09. The van der Waals surface area contributed by atoms with Crippen LogP contribution in [0.2, 0.25) is 0 Å². The van der Waals surface area contributed by atoms with Crippen molar-refractivity contribution in [3.63, 3.8) is 0 Å². The molecule has 102 valence electrons. The SMILES string of the molecule is CCOCCN(CCOCC)c1cc(F)ncn1. The molecule has 1 heterocycles. The van der Waals surface area contributed by atoms with Gasteiger partial charge in [-0.2, -0.15) is 4.39 Å². The molecule has 0 unspecified atom stereocenters. The van der Waals surface area contributed by atoms with Gasteiger partial charge in [0.15, 0.2) is 0 Å². The van der Waals surface area contributed by atoms with Gasteiger partial charge in [0.1, 0.15) is 12.1 Å². The fourth-order valence-corrected chi connectivity index (χ4v) is 1.48. The van der Waals surface area contributed by atoms with Crippen LogP contribution >= 0.6 is 0 Å². The van der Waals surface area contributed by atoms with E-state index < -0.39 is 5.95 Å². The predicted molar refractivity (Wildman–Crippen MR) is 67.2 cm³/mol. The Morgan fingerprint density at radius 1 is 1.11 bits per heavy atom.